The average molecular weight is 403 g/mol. The first-order valence-corrected chi connectivity index (χ1v) is 10.8. The Balaban J connectivity index is 1.50. The molecule has 0 spiro atoms. The molecule has 0 radical (unpaired) electrons. The molecule has 29 heavy (non-hydrogen) atoms. The van der Waals surface area contributed by atoms with Gasteiger partial charge in [0.05, 0.1) is 14.2 Å². The molecule has 2 amide bonds. The van der Waals surface area contributed by atoms with Gasteiger partial charge in [0.1, 0.15) is 0 Å². The Morgan fingerprint density at radius 1 is 1.14 bits per heavy atom. The summed E-state index contributed by atoms with van der Waals surface area (Å²) in [7, 11) is 5.59. The molecule has 3 aliphatic rings. The first kappa shape index (κ1) is 20.3. The highest BCUT2D eigenvalue weighted by Gasteiger charge is 2.50. The number of likely N-dealkylation sites (tertiary alicyclic amines) is 1. The van der Waals surface area contributed by atoms with Crippen LogP contribution < -0.4 is 20.1 Å². The molecule has 1 aromatic rings. The van der Waals surface area contributed by atoms with E-state index in [0.717, 1.165) is 69.9 Å². The normalized spacial score (nSPS) is 30.0. The van der Waals surface area contributed by atoms with E-state index in [1.54, 1.807) is 14.2 Å². The molecule has 4 rings (SSSR count). The van der Waals surface area contributed by atoms with Crippen molar-refractivity contribution in [2.45, 2.75) is 43.2 Å². The van der Waals surface area contributed by atoms with Gasteiger partial charge in [-0.05, 0) is 57.0 Å². The smallest absolute Gasteiger partial charge is 0.317 e. The molecule has 2 heterocycles. The summed E-state index contributed by atoms with van der Waals surface area (Å²) in [4.78, 5) is 17.1. The molecular formula is C22H34N4O3. The number of hydrogen-bond donors (Lipinski definition) is 2. The highest BCUT2D eigenvalue weighted by Crippen LogP contribution is 2.49. The Hall–Kier alpha value is -1.99. The van der Waals surface area contributed by atoms with Crippen LogP contribution in [0.4, 0.5) is 4.79 Å². The Morgan fingerprint density at radius 3 is 2.62 bits per heavy atom. The van der Waals surface area contributed by atoms with E-state index in [2.05, 4.69) is 34.7 Å². The number of nitrogens with zero attached hydrogens (tertiary/aromatic N) is 2. The van der Waals surface area contributed by atoms with Gasteiger partial charge in [0.2, 0.25) is 0 Å². The first-order chi connectivity index (χ1) is 14.1. The molecule has 3 atom stereocenters. The van der Waals surface area contributed by atoms with Gasteiger partial charge in [-0.3, -0.25) is 0 Å². The van der Waals surface area contributed by atoms with E-state index in [4.69, 9.17) is 9.47 Å². The molecule has 7 heteroatoms. The van der Waals surface area contributed by atoms with E-state index in [1.165, 1.54) is 5.56 Å². The van der Waals surface area contributed by atoms with Crippen LogP contribution in [0.15, 0.2) is 18.2 Å². The second kappa shape index (κ2) is 8.40. The number of benzene rings is 1. The zero-order valence-electron chi connectivity index (χ0n) is 17.9. The number of nitrogens with one attached hydrogen (secondary N) is 2. The molecular weight excluding hydrogens is 368 g/mol. The van der Waals surface area contributed by atoms with Crippen LogP contribution in [-0.2, 0) is 5.41 Å². The number of rotatable bonds is 4. The highest BCUT2D eigenvalue weighted by atomic mass is 16.5. The Labute approximate surface area is 173 Å². The molecule has 160 valence electrons. The van der Waals surface area contributed by atoms with Crippen molar-refractivity contribution < 1.29 is 14.3 Å². The molecule has 0 unspecified atom stereocenters. The van der Waals surface area contributed by atoms with E-state index < -0.39 is 0 Å². The van der Waals surface area contributed by atoms with Crippen molar-refractivity contribution in [3.05, 3.63) is 23.8 Å². The highest BCUT2D eigenvalue weighted by molar-refractivity contribution is 5.74. The van der Waals surface area contributed by atoms with Crippen LogP contribution in [0.5, 0.6) is 11.5 Å². The predicted molar refractivity (Wildman–Crippen MR) is 113 cm³/mol. The number of carbonyl (C=O) groups excluding carboxylic acids is 1. The fourth-order valence-electron chi connectivity index (χ4n) is 5.53. The summed E-state index contributed by atoms with van der Waals surface area (Å²) in [6, 6.07) is 7.13. The average Bonchev–Trinajstić information content (AvgIpc) is 3.11. The van der Waals surface area contributed by atoms with Gasteiger partial charge in [0.25, 0.3) is 0 Å². The summed E-state index contributed by atoms with van der Waals surface area (Å²) in [5.74, 6) is 1.56. The lowest BCUT2D eigenvalue weighted by Crippen LogP contribution is -2.56. The Kier molecular flexibility index (Phi) is 5.88. The Bertz CT molecular complexity index is 737. The third-order valence-electron chi connectivity index (χ3n) is 7.22. The molecule has 1 saturated carbocycles. The van der Waals surface area contributed by atoms with Crippen LogP contribution in [0.25, 0.3) is 0 Å². The number of methoxy groups -OCH3 is 2. The maximum absolute atomic E-state index is 12.7. The van der Waals surface area contributed by atoms with E-state index in [0.29, 0.717) is 6.04 Å². The van der Waals surface area contributed by atoms with Crippen LogP contribution in [0.2, 0.25) is 0 Å². The zero-order valence-corrected chi connectivity index (χ0v) is 17.9. The largest absolute Gasteiger partial charge is 0.493 e. The quantitative estimate of drug-likeness (QED) is 0.804. The number of ether oxygens (including phenoxy) is 2. The SMILES string of the molecule is COc1ccc([C@@]23CC[C@@H](NC(=O)N4CCNCC4)C[C@@H]2N(C)CC3)cc1OC. The van der Waals surface area contributed by atoms with Crippen LogP contribution in [-0.4, -0.2) is 81.9 Å². The van der Waals surface area contributed by atoms with Gasteiger partial charge in [-0.1, -0.05) is 6.07 Å². The summed E-state index contributed by atoms with van der Waals surface area (Å²) in [5, 5.41) is 6.62. The molecule has 1 aromatic carbocycles. The van der Waals surface area contributed by atoms with Crippen molar-refractivity contribution in [1.29, 1.82) is 0 Å². The van der Waals surface area contributed by atoms with Gasteiger partial charge in [-0.15, -0.1) is 0 Å². The fourth-order valence-corrected chi connectivity index (χ4v) is 5.53. The molecule has 2 aliphatic heterocycles. The molecule has 7 nitrogen and oxygen atoms in total. The zero-order chi connectivity index (χ0) is 20.4. The van der Waals surface area contributed by atoms with Gasteiger partial charge in [-0.2, -0.15) is 0 Å². The number of piperazine rings is 1. The third-order valence-corrected chi connectivity index (χ3v) is 7.22. The van der Waals surface area contributed by atoms with E-state index >= 15 is 0 Å². The van der Waals surface area contributed by atoms with E-state index in [-0.39, 0.29) is 17.5 Å². The van der Waals surface area contributed by atoms with Crippen LogP contribution in [0.3, 0.4) is 0 Å². The summed E-state index contributed by atoms with van der Waals surface area (Å²) in [6.45, 7) is 4.42. The van der Waals surface area contributed by atoms with E-state index in [9.17, 15) is 4.79 Å². The standard InChI is InChI=1S/C22H34N4O3/c1-25-11-8-22(16-4-5-18(28-2)19(14-16)29-3)7-6-17(15-20(22)25)24-21(27)26-12-9-23-10-13-26/h4-5,14,17,20,23H,6-13,15H2,1-3H3,(H,24,27)/t17-,20+,22+/m1/s1. The second-order valence-corrected chi connectivity index (χ2v) is 8.63. The maximum atomic E-state index is 12.7. The molecule has 3 fully saturated rings. The number of hydrogen-bond acceptors (Lipinski definition) is 5. The fraction of sp³-hybridized carbons (Fsp3) is 0.682. The molecule has 1 aliphatic carbocycles. The number of carbonyl (C=O) groups is 1. The summed E-state index contributed by atoms with van der Waals surface area (Å²) >= 11 is 0. The van der Waals surface area contributed by atoms with Crippen molar-refractivity contribution in [3.63, 3.8) is 0 Å². The van der Waals surface area contributed by atoms with Gasteiger partial charge in [-0.25, -0.2) is 4.79 Å². The van der Waals surface area contributed by atoms with Gasteiger partial charge in [0.15, 0.2) is 11.5 Å². The van der Waals surface area contributed by atoms with Gasteiger partial charge < -0.3 is 29.9 Å². The summed E-state index contributed by atoms with van der Waals surface area (Å²) in [5.41, 5.74) is 1.45. The number of amides is 2. The third kappa shape index (κ3) is 3.78. The molecule has 0 aromatic heterocycles. The Morgan fingerprint density at radius 2 is 1.90 bits per heavy atom. The second-order valence-electron chi connectivity index (χ2n) is 8.63. The first-order valence-electron chi connectivity index (χ1n) is 10.8. The minimum atomic E-state index is 0.0933. The minimum absolute atomic E-state index is 0.0933. The molecule has 2 N–H and O–H groups in total. The lowest BCUT2D eigenvalue weighted by molar-refractivity contribution is 0.144. The van der Waals surface area contributed by atoms with Crippen molar-refractivity contribution in [2.75, 3.05) is 54.0 Å². The lowest BCUT2D eigenvalue weighted by atomic mass is 9.65. The van der Waals surface area contributed by atoms with Crippen LogP contribution >= 0.6 is 0 Å². The van der Waals surface area contributed by atoms with Crippen molar-refractivity contribution >= 4 is 6.03 Å². The molecule has 0 bridgehead atoms. The van der Waals surface area contributed by atoms with Crippen molar-refractivity contribution in [3.8, 4) is 11.5 Å². The van der Waals surface area contributed by atoms with Crippen LogP contribution in [0.1, 0.15) is 31.2 Å². The monoisotopic (exact) mass is 402 g/mol. The predicted octanol–water partition coefficient (Wildman–Crippen LogP) is 1.81. The van der Waals surface area contributed by atoms with Gasteiger partial charge in [0, 0.05) is 43.7 Å². The molecule has 2 saturated heterocycles. The topological polar surface area (TPSA) is 66.1 Å². The summed E-state index contributed by atoms with van der Waals surface area (Å²) in [6.07, 6.45) is 4.21. The van der Waals surface area contributed by atoms with Crippen molar-refractivity contribution in [1.82, 2.24) is 20.4 Å². The van der Waals surface area contributed by atoms with Crippen molar-refractivity contribution in [2.24, 2.45) is 0 Å². The van der Waals surface area contributed by atoms with Crippen LogP contribution in [0, 0.1) is 0 Å². The van der Waals surface area contributed by atoms with Gasteiger partial charge >= 0.3 is 6.03 Å². The minimum Gasteiger partial charge on any atom is -0.493 e. The number of fused-ring (bicyclic) bond motifs is 1. The maximum Gasteiger partial charge on any atom is 0.317 e. The van der Waals surface area contributed by atoms with E-state index in [1.807, 2.05) is 11.0 Å². The lowest BCUT2D eigenvalue weighted by Gasteiger charge is -2.45. The number of urea groups is 1. The summed E-state index contributed by atoms with van der Waals surface area (Å²) < 4.78 is 11.0. The number of likely N-dealkylation sites (N-methyl/N-ethyl adjacent to an activating group) is 1.